The SMILES string of the molecule is C=C[CH2-].[Li+].[SiH3]O[SiH3]. The molecule has 0 aliphatic carbocycles. The first-order valence-electron chi connectivity index (χ1n) is 1.63. The summed E-state index contributed by atoms with van der Waals surface area (Å²) in [7, 11) is 1.86. The molecule has 0 radical (unpaired) electrons. The molecule has 0 N–H and O–H groups in total. The van der Waals surface area contributed by atoms with E-state index in [2.05, 4.69) is 17.6 Å². The van der Waals surface area contributed by atoms with Gasteiger partial charge in [0.25, 0.3) is 0 Å². The molecule has 0 aromatic carbocycles. The van der Waals surface area contributed by atoms with Gasteiger partial charge in [-0.25, -0.2) is 19.6 Å². The average Bonchev–Trinajstić information content (AvgIpc) is 1.39. The standard InChI is InChI=1S/C3H5.Li.H6OSi2/c1-3-2;;2-1-3/h3H,1-2H2;;2-3H3/q-1;+1;. The van der Waals surface area contributed by atoms with Crippen molar-refractivity contribution in [3.05, 3.63) is 19.6 Å². The van der Waals surface area contributed by atoms with Crippen LogP contribution in [0.4, 0.5) is 0 Å². The summed E-state index contributed by atoms with van der Waals surface area (Å²) < 4.78 is 4.53. The van der Waals surface area contributed by atoms with Crippen molar-refractivity contribution >= 4 is 21.0 Å². The predicted molar refractivity (Wildman–Crippen MR) is 36.5 cm³/mol. The largest absolute Gasteiger partial charge is 1.00 e. The molecular formula is C3H11LiOSi2. The van der Waals surface area contributed by atoms with Crippen molar-refractivity contribution < 1.29 is 23.0 Å². The van der Waals surface area contributed by atoms with Crippen LogP contribution in [0.5, 0.6) is 0 Å². The van der Waals surface area contributed by atoms with Crippen LogP contribution < -0.4 is 18.9 Å². The van der Waals surface area contributed by atoms with Gasteiger partial charge in [0, 0.05) is 0 Å². The molecule has 0 saturated carbocycles. The van der Waals surface area contributed by atoms with Crippen LogP contribution in [0, 0.1) is 6.92 Å². The quantitative estimate of drug-likeness (QED) is 0.235. The van der Waals surface area contributed by atoms with Crippen LogP contribution in [0.3, 0.4) is 0 Å². The molecule has 0 aliphatic rings. The Balaban J connectivity index is -0.0000000400. The summed E-state index contributed by atoms with van der Waals surface area (Å²) in [5.41, 5.74) is 0. The Labute approximate surface area is 63.8 Å². The third-order valence-electron chi connectivity index (χ3n) is 0. The van der Waals surface area contributed by atoms with E-state index in [4.69, 9.17) is 0 Å². The van der Waals surface area contributed by atoms with Gasteiger partial charge in [-0.15, -0.1) is 0 Å². The summed E-state index contributed by atoms with van der Waals surface area (Å²) >= 11 is 0. The van der Waals surface area contributed by atoms with E-state index < -0.39 is 0 Å². The van der Waals surface area contributed by atoms with Gasteiger partial charge in [0.15, 0.2) is 0 Å². The first-order chi connectivity index (χ1) is 2.83. The number of allylic oxidation sites excluding steroid dienone is 1. The van der Waals surface area contributed by atoms with Gasteiger partial charge < -0.3 is 4.12 Å². The second-order valence-corrected chi connectivity index (χ2v) is 3.96. The van der Waals surface area contributed by atoms with Crippen LogP contribution in [0.15, 0.2) is 12.7 Å². The zero-order valence-electron chi connectivity index (χ0n) is 5.40. The number of hydrogen-bond donors (Lipinski definition) is 0. The fourth-order valence-corrected chi connectivity index (χ4v) is 0. The van der Waals surface area contributed by atoms with Gasteiger partial charge in [-0.05, 0) is 0 Å². The first-order valence-corrected chi connectivity index (χ1v) is 3.27. The maximum Gasteiger partial charge on any atom is 1.00 e. The second-order valence-electron chi connectivity index (χ2n) is 0.697. The number of rotatable bonds is 0. The minimum absolute atomic E-state index is 0. The van der Waals surface area contributed by atoms with Crippen LogP contribution >= 0.6 is 0 Å². The Morgan fingerprint density at radius 3 is 1.57 bits per heavy atom. The van der Waals surface area contributed by atoms with Crippen LogP contribution in [0.2, 0.25) is 0 Å². The van der Waals surface area contributed by atoms with E-state index >= 15 is 0 Å². The molecule has 0 aromatic heterocycles. The Bertz CT molecular complexity index is 26.9. The van der Waals surface area contributed by atoms with Crippen molar-refractivity contribution in [2.75, 3.05) is 0 Å². The maximum absolute atomic E-state index is 4.53. The van der Waals surface area contributed by atoms with Crippen molar-refractivity contribution in [1.82, 2.24) is 0 Å². The molecular weight excluding hydrogens is 115 g/mol. The molecule has 0 unspecified atom stereocenters. The molecule has 1 nitrogen and oxygen atoms in total. The molecule has 0 spiro atoms. The van der Waals surface area contributed by atoms with Gasteiger partial charge in [0.1, 0.15) is 21.0 Å². The van der Waals surface area contributed by atoms with Crippen molar-refractivity contribution in [2.45, 2.75) is 0 Å². The van der Waals surface area contributed by atoms with Gasteiger partial charge in [-0.3, -0.25) is 0 Å². The van der Waals surface area contributed by atoms with Crippen molar-refractivity contribution in [3.8, 4) is 0 Å². The van der Waals surface area contributed by atoms with E-state index in [1.54, 1.807) is 0 Å². The van der Waals surface area contributed by atoms with Crippen LogP contribution in [0.25, 0.3) is 0 Å². The molecule has 0 saturated heterocycles. The summed E-state index contributed by atoms with van der Waals surface area (Å²) in [4.78, 5) is 0. The van der Waals surface area contributed by atoms with Gasteiger partial charge in [-0.1, -0.05) is 0 Å². The molecule has 0 rings (SSSR count). The monoisotopic (exact) mass is 126 g/mol. The summed E-state index contributed by atoms with van der Waals surface area (Å²) in [5.74, 6) is 0. The third kappa shape index (κ3) is 387. The van der Waals surface area contributed by atoms with Crippen LogP contribution in [-0.4, -0.2) is 21.0 Å². The molecule has 38 valence electrons. The van der Waals surface area contributed by atoms with Crippen molar-refractivity contribution in [2.24, 2.45) is 0 Å². The van der Waals surface area contributed by atoms with Crippen molar-refractivity contribution in [3.63, 3.8) is 0 Å². The van der Waals surface area contributed by atoms with E-state index in [1.807, 2.05) is 0 Å². The topological polar surface area (TPSA) is 9.23 Å². The molecule has 0 bridgehead atoms. The van der Waals surface area contributed by atoms with E-state index in [1.165, 1.54) is 6.08 Å². The minimum Gasteiger partial charge on any atom is -0.471 e. The summed E-state index contributed by atoms with van der Waals surface area (Å²) in [5, 5.41) is 0. The minimum atomic E-state index is 0. The molecule has 4 heteroatoms. The normalized spacial score (nSPS) is 5.14. The zero-order valence-corrected chi connectivity index (χ0v) is 9.40. The fraction of sp³-hybridized carbons (Fsp3) is 0. The Morgan fingerprint density at radius 1 is 1.57 bits per heavy atom. The van der Waals surface area contributed by atoms with E-state index in [0.29, 0.717) is 0 Å². The fourth-order valence-electron chi connectivity index (χ4n) is 0. The maximum atomic E-state index is 4.53. The molecule has 0 amide bonds. The Kier molecular flexibility index (Phi) is 68.4. The molecule has 0 atom stereocenters. The van der Waals surface area contributed by atoms with E-state index in [0.717, 1.165) is 21.0 Å². The van der Waals surface area contributed by atoms with Crippen LogP contribution in [0.1, 0.15) is 0 Å². The molecule has 0 aromatic rings. The Hall–Kier alpha value is 0.601. The van der Waals surface area contributed by atoms with E-state index in [-0.39, 0.29) is 18.9 Å². The summed E-state index contributed by atoms with van der Waals surface area (Å²) in [6.45, 7) is 6.50. The first kappa shape index (κ1) is 15.6. The van der Waals surface area contributed by atoms with E-state index in [9.17, 15) is 0 Å². The van der Waals surface area contributed by atoms with Gasteiger partial charge in [-0.2, -0.15) is 0 Å². The molecule has 0 heterocycles. The third-order valence-corrected chi connectivity index (χ3v) is 0. The smallest absolute Gasteiger partial charge is 0.471 e. The number of hydrogen-bond acceptors (Lipinski definition) is 1. The van der Waals surface area contributed by atoms with Crippen LogP contribution in [-0.2, 0) is 4.12 Å². The Morgan fingerprint density at radius 2 is 1.57 bits per heavy atom. The zero-order chi connectivity index (χ0) is 5.41. The summed E-state index contributed by atoms with van der Waals surface area (Å²) in [6.07, 6.45) is 1.50. The molecule has 0 aliphatic heterocycles. The van der Waals surface area contributed by atoms with Gasteiger partial charge in [0.05, 0.1) is 0 Å². The van der Waals surface area contributed by atoms with Gasteiger partial charge in [0.2, 0.25) is 0 Å². The van der Waals surface area contributed by atoms with Crippen molar-refractivity contribution in [1.29, 1.82) is 0 Å². The molecule has 7 heavy (non-hydrogen) atoms. The molecule has 0 fully saturated rings. The second kappa shape index (κ2) is 30.6. The van der Waals surface area contributed by atoms with Gasteiger partial charge >= 0.3 is 18.9 Å². The predicted octanol–water partition coefficient (Wildman–Crippen LogP) is -4.43. The summed E-state index contributed by atoms with van der Waals surface area (Å²) in [6, 6.07) is 0. The average molecular weight is 126 g/mol.